The van der Waals surface area contributed by atoms with E-state index in [9.17, 15) is 9.59 Å². The molecule has 0 spiro atoms. The highest BCUT2D eigenvalue weighted by Crippen LogP contribution is 2.22. The fourth-order valence-electron chi connectivity index (χ4n) is 4.80. The Morgan fingerprint density at radius 3 is 2.47 bits per heavy atom. The number of benzene rings is 1. The number of carbonyl (C=O) groups is 2. The van der Waals surface area contributed by atoms with Gasteiger partial charge in [-0.05, 0) is 82.4 Å². The third-order valence-electron chi connectivity index (χ3n) is 6.78. The standard InChI is InChI=1S/C25H39N3O2/c1-3-26-14-11-21-19-22(8-7-20(21)2)24(29)9-10-25(30)28-17-12-23(13-18-28)27-15-5-4-6-16-27/h7-8,19,23,26H,3-6,9-18H2,1-2H3. The van der Waals surface area contributed by atoms with Gasteiger partial charge in [0.25, 0.3) is 0 Å². The first kappa shape index (κ1) is 23.0. The summed E-state index contributed by atoms with van der Waals surface area (Å²) in [5, 5.41) is 3.33. The van der Waals surface area contributed by atoms with Crippen LogP contribution in [0.15, 0.2) is 18.2 Å². The molecular formula is C25H39N3O2. The minimum Gasteiger partial charge on any atom is -0.343 e. The number of likely N-dealkylation sites (tertiary alicyclic amines) is 2. The smallest absolute Gasteiger partial charge is 0.223 e. The molecule has 0 atom stereocenters. The van der Waals surface area contributed by atoms with Crippen LogP contribution in [-0.4, -0.2) is 66.8 Å². The van der Waals surface area contributed by atoms with Crippen LogP contribution in [0, 0.1) is 6.92 Å². The Hall–Kier alpha value is -1.72. The molecule has 2 aliphatic rings. The van der Waals surface area contributed by atoms with Crippen LogP contribution < -0.4 is 5.32 Å². The molecule has 0 bridgehead atoms. The summed E-state index contributed by atoms with van der Waals surface area (Å²) in [5.74, 6) is 0.219. The van der Waals surface area contributed by atoms with Crippen molar-refractivity contribution in [2.45, 2.75) is 71.3 Å². The van der Waals surface area contributed by atoms with Gasteiger partial charge in [-0.2, -0.15) is 0 Å². The maximum absolute atomic E-state index is 12.7. The van der Waals surface area contributed by atoms with E-state index in [0.717, 1.165) is 51.0 Å². The van der Waals surface area contributed by atoms with Crippen LogP contribution in [0.1, 0.15) is 73.4 Å². The number of carbonyl (C=O) groups excluding carboxylic acids is 2. The van der Waals surface area contributed by atoms with Gasteiger partial charge in [0, 0.05) is 37.5 Å². The van der Waals surface area contributed by atoms with E-state index in [1.54, 1.807) is 0 Å². The number of amides is 1. The van der Waals surface area contributed by atoms with E-state index in [1.165, 1.54) is 43.5 Å². The van der Waals surface area contributed by atoms with E-state index in [2.05, 4.69) is 24.1 Å². The van der Waals surface area contributed by atoms with Crippen LogP contribution in [-0.2, 0) is 11.2 Å². The van der Waals surface area contributed by atoms with Crippen LogP contribution in [0.2, 0.25) is 0 Å². The average Bonchev–Trinajstić information content (AvgIpc) is 2.79. The van der Waals surface area contributed by atoms with Gasteiger partial charge in [-0.3, -0.25) is 9.59 Å². The molecule has 166 valence electrons. The van der Waals surface area contributed by atoms with Crippen molar-refractivity contribution >= 4 is 11.7 Å². The fraction of sp³-hybridized carbons (Fsp3) is 0.680. The van der Waals surface area contributed by atoms with Gasteiger partial charge in [-0.1, -0.05) is 25.5 Å². The van der Waals surface area contributed by atoms with Crippen molar-refractivity contribution in [2.24, 2.45) is 0 Å². The summed E-state index contributed by atoms with van der Waals surface area (Å²) in [4.78, 5) is 30.0. The number of Topliss-reactive ketones (excluding diaryl/α,β-unsaturated/α-hetero) is 1. The summed E-state index contributed by atoms with van der Waals surface area (Å²) in [6.07, 6.45) is 7.70. The minimum atomic E-state index is 0.0799. The zero-order valence-electron chi connectivity index (χ0n) is 18.9. The number of hydrogen-bond donors (Lipinski definition) is 1. The van der Waals surface area contributed by atoms with Crippen molar-refractivity contribution in [3.63, 3.8) is 0 Å². The minimum absolute atomic E-state index is 0.0799. The molecule has 3 rings (SSSR count). The number of aryl methyl sites for hydroxylation is 1. The molecule has 1 aromatic rings. The third-order valence-corrected chi connectivity index (χ3v) is 6.78. The SMILES string of the molecule is CCNCCc1cc(C(=O)CCC(=O)N2CCC(N3CCCCC3)CC2)ccc1C. The number of likely N-dealkylation sites (N-methyl/N-ethyl adjacent to an activating group) is 1. The first-order chi connectivity index (χ1) is 14.6. The Morgan fingerprint density at radius 1 is 1.03 bits per heavy atom. The molecule has 2 fully saturated rings. The molecule has 2 aliphatic heterocycles. The van der Waals surface area contributed by atoms with E-state index in [0.29, 0.717) is 18.9 Å². The van der Waals surface area contributed by atoms with E-state index < -0.39 is 0 Å². The Bertz CT molecular complexity index is 704. The largest absolute Gasteiger partial charge is 0.343 e. The van der Waals surface area contributed by atoms with Crippen molar-refractivity contribution in [2.75, 3.05) is 39.3 Å². The van der Waals surface area contributed by atoms with Gasteiger partial charge in [-0.15, -0.1) is 0 Å². The maximum Gasteiger partial charge on any atom is 0.223 e. The quantitative estimate of drug-likeness (QED) is 0.497. The van der Waals surface area contributed by atoms with E-state index in [-0.39, 0.29) is 11.7 Å². The Kier molecular flexibility index (Phi) is 8.88. The number of rotatable bonds is 9. The second-order valence-corrected chi connectivity index (χ2v) is 8.88. The summed E-state index contributed by atoms with van der Waals surface area (Å²) in [6.45, 7) is 10.2. The van der Waals surface area contributed by atoms with Crippen molar-refractivity contribution in [1.82, 2.24) is 15.1 Å². The average molecular weight is 414 g/mol. The zero-order chi connectivity index (χ0) is 21.3. The van der Waals surface area contributed by atoms with Gasteiger partial charge in [0.05, 0.1) is 0 Å². The second kappa shape index (κ2) is 11.6. The lowest BCUT2D eigenvalue weighted by Crippen LogP contribution is -2.48. The molecule has 30 heavy (non-hydrogen) atoms. The van der Waals surface area contributed by atoms with Gasteiger partial charge in [-0.25, -0.2) is 0 Å². The summed E-state index contributed by atoms with van der Waals surface area (Å²) >= 11 is 0. The maximum atomic E-state index is 12.7. The van der Waals surface area contributed by atoms with E-state index in [4.69, 9.17) is 0 Å². The molecule has 2 heterocycles. The molecule has 1 aromatic carbocycles. The first-order valence-electron chi connectivity index (χ1n) is 11.9. The summed E-state index contributed by atoms with van der Waals surface area (Å²) < 4.78 is 0. The molecule has 5 heteroatoms. The van der Waals surface area contributed by atoms with Gasteiger partial charge < -0.3 is 15.1 Å². The van der Waals surface area contributed by atoms with Crippen LogP contribution in [0.3, 0.4) is 0 Å². The number of ketones is 1. The Labute approximate surface area is 182 Å². The van der Waals surface area contributed by atoms with Crippen molar-refractivity contribution in [1.29, 1.82) is 0 Å². The van der Waals surface area contributed by atoms with Gasteiger partial charge in [0.2, 0.25) is 5.91 Å². The fourth-order valence-corrected chi connectivity index (χ4v) is 4.80. The van der Waals surface area contributed by atoms with Crippen LogP contribution >= 0.6 is 0 Å². The number of nitrogens with zero attached hydrogens (tertiary/aromatic N) is 2. The molecule has 0 aromatic heterocycles. The lowest BCUT2D eigenvalue weighted by Gasteiger charge is -2.40. The lowest BCUT2D eigenvalue weighted by atomic mass is 9.97. The lowest BCUT2D eigenvalue weighted by molar-refractivity contribution is -0.132. The highest BCUT2D eigenvalue weighted by atomic mass is 16.2. The number of nitrogens with one attached hydrogen (secondary N) is 1. The Morgan fingerprint density at radius 2 is 1.77 bits per heavy atom. The molecule has 0 unspecified atom stereocenters. The third kappa shape index (κ3) is 6.39. The molecule has 0 aliphatic carbocycles. The topological polar surface area (TPSA) is 52.7 Å². The molecular weight excluding hydrogens is 374 g/mol. The summed E-state index contributed by atoms with van der Waals surface area (Å²) in [5.41, 5.74) is 3.17. The van der Waals surface area contributed by atoms with Crippen LogP contribution in [0.25, 0.3) is 0 Å². The normalized spacial score (nSPS) is 18.5. The van der Waals surface area contributed by atoms with Gasteiger partial charge >= 0.3 is 0 Å². The molecule has 1 amide bonds. The predicted octanol–water partition coefficient (Wildman–Crippen LogP) is 3.59. The monoisotopic (exact) mass is 413 g/mol. The molecule has 1 N–H and O–H groups in total. The molecule has 0 saturated carbocycles. The molecule has 5 nitrogen and oxygen atoms in total. The van der Waals surface area contributed by atoms with E-state index >= 15 is 0 Å². The number of piperidine rings is 2. The molecule has 0 radical (unpaired) electrons. The van der Waals surface area contributed by atoms with Gasteiger partial charge in [0.15, 0.2) is 5.78 Å². The second-order valence-electron chi connectivity index (χ2n) is 8.88. The zero-order valence-corrected chi connectivity index (χ0v) is 18.9. The first-order valence-corrected chi connectivity index (χ1v) is 11.9. The van der Waals surface area contributed by atoms with Gasteiger partial charge in [0.1, 0.15) is 0 Å². The van der Waals surface area contributed by atoms with Crippen molar-refractivity contribution in [3.8, 4) is 0 Å². The van der Waals surface area contributed by atoms with Crippen molar-refractivity contribution < 1.29 is 9.59 Å². The molecule has 2 saturated heterocycles. The van der Waals surface area contributed by atoms with E-state index in [1.807, 2.05) is 23.1 Å². The van der Waals surface area contributed by atoms with Crippen LogP contribution in [0.4, 0.5) is 0 Å². The number of hydrogen-bond acceptors (Lipinski definition) is 4. The van der Waals surface area contributed by atoms with Crippen molar-refractivity contribution in [3.05, 3.63) is 34.9 Å². The predicted molar refractivity (Wildman–Crippen MR) is 122 cm³/mol. The Balaban J connectivity index is 1.44. The van der Waals surface area contributed by atoms with Crippen LogP contribution in [0.5, 0.6) is 0 Å². The highest BCUT2D eigenvalue weighted by molar-refractivity contribution is 5.98. The highest BCUT2D eigenvalue weighted by Gasteiger charge is 2.27. The summed E-state index contributed by atoms with van der Waals surface area (Å²) in [6, 6.07) is 6.60. The summed E-state index contributed by atoms with van der Waals surface area (Å²) in [7, 11) is 0.